The number of carbonyl (C=O) groups is 3. The van der Waals surface area contributed by atoms with Crippen molar-refractivity contribution in [3.8, 4) is 11.3 Å². The average molecular weight is 675 g/mol. The van der Waals surface area contributed by atoms with Crippen LogP contribution in [0.3, 0.4) is 0 Å². The molecule has 3 N–H and O–H groups in total. The van der Waals surface area contributed by atoms with Crippen LogP contribution in [0.25, 0.3) is 28.1 Å². The van der Waals surface area contributed by atoms with Crippen molar-refractivity contribution >= 4 is 80.1 Å². The molecule has 0 saturated heterocycles. The van der Waals surface area contributed by atoms with Gasteiger partial charge >= 0.3 is 0 Å². The van der Waals surface area contributed by atoms with Crippen molar-refractivity contribution in [1.82, 2.24) is 10.3 Å². The third-order valence-corrected chi connectivity index (χ3v) is 9.09. The Labute approximate surface area is 284 Å². The van der Waals surface area contributed by atoms with Gasteiger partial charge in [-0.1, -0.05) is 90.5 Å². The predicted molar refractivity (Wildman–Crippen MR) is 193 cm³/mol. The van der Waals surface area contributed by atoms with Gasteiger partial charge in [0.25, 0.3) is 11.8 Å². The summed E-state index contributed by atoms with van der Waals surface area (Å²) in [5.41, 5.74) is 3.29. The SMILES string of the molecule is O=C(CSc1cccc(NC(=O)/C(=C\c2ccccc2Cl)NC(=O)c2ccccc2)c1)Nc1nc(-c2ccc3ccccc3c2)cs1. The lowest BCUT2D eigenvalue weighted by molar-refractivity contribution is -0.114. The summed E-state index contributed by atoms with van der Waals surface area (Å²) in [7, 11) is 0. The fraction of sp³-hybridized carbons (Fsp3) is 0.0270. The van der Waals surface area contributed by atoms with Gasteiger partial charge < -0.3 is 16.0 Å². The molecule has 0 unspecified atom stereocenters. The molecule has 3 amide bonds. The summed E-state index contributed by atoms with van der Waals surface area (Å²) in [4.78, 5) is 44.5. The molecule has 47 heavy (non-hydrogen) atoms. The molecule has 5 aromatic carbocycles. The molecule has 232 valence electrons. The van der Waals surface area contributed by atoms with Gasteiger partial charge in [0.1, 0.15) is 5.70 Å². The number of halogens is 1. The van der Waals surface area contributed by atoms with Crippen molar-refractivity contribution in [1.29, 1.82) is 0 Å². The first-order valence-corrected chi connectivity index (χ1v) is 16.8. The van der Waals surface area contributed by atoms with Crippen molar-refractivity contribution in [2.75, 3.05) is 16.4 Å². The summed E-state index contributed by atoms with van der Waals surface area (Å²) in [5.74, 6) is -1.01. The third-order valence-electron chi connectivity index (χ3n) is 6.99. The number of hydrogen-bond donors (Lipinski definition) is 3. The summed E-state index contributed by atoms with van der Waals surface area (Å²) in [5, 5.41) is 13.6. The lowest BCUT2D eigenvalue weighted by atomic mass is 10.1. The number of amides is 3. The van der Waals surface area contributed by atoms with Gasteiger partial charge in [0, 0.05) is 32.1 Å². The van der Waals surface area contributed by atoms with E-state index in [1.165, 1.54) is 29.2 Å². The molecule has 0 aliphatic heterocycles. The normalized spacial score (nSPS) is 11.2. The standard InChI is InChI=1S/C37H27ClN4O3S2/c38-31-16-7-6-13-27(31)20-32(40-35(44)25-10-2-1-3-11-25)36(45)39-29-14-8-15-30(21-29)46-23-34(43)42-37-41-33(22-47-37)28-18-17-24-9-4-5-12-26(24)19-28/h1-22H,23H2,(H,39,45)(H,40,44)(H,41,42,43)/b32-20+. The van der Waals surface area contributed by atoms with Crippen molar-refractivity contribution in [3.05, 3.63) is 149 Å². The van der Waals surface area contributed by atoms with Crippen LogP contribution in [0.5, 0.6) is 0 Å². The molecule has 0 bridgehead atoms. The molecule has 6 rings (SSSR count). The minimum atomic E-state index is -0.528. The van der Waals surface area contributed by atoms with Crippen LogP contribution in [0.2, 0.25) is 5.02 Å². The van der Waals surface area contributed by atoms with E-state index in [0.717, 1.165) is 26.9 Å². The molecule has 6 aromatic rings. The summed E-state index contributed by atoms with van der Waals surface area (Å²) in [6.45, 7) is 0. The lowest BCUT2D eigenvalue weighted by Gasteiger charge is -2.12. The molecule has 7 nitrogen and oxygen atoms in total. The second kappa shape index (κ2) is 14.9. The molecule has 1 heterocycles. The van der Waals surface area contributed by atoms with Gasteiger partial charge in [-0.3, -0.25) is 14.4 Å². The average Bonchev–Trinajstić information content (AvgIpc) is 3.56. The van der Waals surface area contributed by atoms with E-state index in [2.05, 4.69) is 45.2 Å². The number of thioether (sulfide) groups is 1. The number of nitrogens with one attached hydrogen (secondary N) is 3. The molecule has 0 aliphatic rings. The zero-order valence-corrected chi connectivity index (χ0v) is 27.2. The highest BCUT2D eigenvalue weighted by Gasteiger charge is 2.16. The fourth-order valence-electron chi connectivity index (χ4n) is 4.67. The predicted octanol–water partition coefficient (Wildman–Crippen LogP) is 8.76. The molecule has 0 fully saturated rings. The molecule has 1 aromatic heterocycles. The van der Waals surface area contributed by atoms with Gasteiger partial charge in [-0.2, -0.15) is 0 Å². The van der Waals surface area contributed by atoms with Crippen LogP contribution >= 0.6 is 34.7 Å². The minimum Gasteiger partial charge on any atom is -0.321 e. The number of carbonyl (C=O) groups excluding carboxylic acids is 3. The number of rotatable bonds is 10. The van der Waals surface area contributed by atoms with Crippen LogP contribution in [0.15, 0.2) is 137 Å². The van der Waals surface area contributed by atoms with Gasteiger partial charge in [0.05, 0.1) is 11.4 Å². The Morgan fingerprint density at radius 2 is 1.55 bits per heavy atom. The van der Waals surface area contributed by atoms with Crippen LogP contribution in [0, 0.1) is 0 Å². The first kappa shape index (κ1) is 31.7. The maximum Gasteiger partial charge on any atom is 0.272 e. The van der Waals surface area contributed by atoms with Crippen LogP contribution in [0.1, 0.15) is 15.9 Å². The highest BCUT2D eigenvalue weighted by Crippen LogP contribution is 2.28. The number of hydrogen-bond acceptors (Lipinski definition) is 6. The number of benzene rings is 5. The topological polar surface area (TPSA) is 100 Å². The van der Waals surface area contributed by atoms with E-state index in [9.17, 15) is 14.4 Å². The Morgan fingerprint density at radius 1 is 0.787 bits per heavy atom. The van der Waals surface area contributed by atoms with E-state index >= 15 is 0 Å². The zero-order valence-electron chi connectivity index (χ0n) is 24.8. The fourth-order valence-corrected chi connectivity index (χ4v) is 6.35. The molecule has 10 heteroatoms. The van der Waals surface area contributed by atoms with E-state index in [0.29, 0.717) is 27.0 Å². The largest absolute Gasteiger partial charge is 0.321 e. The van der Waals surface area contributed by atoms with Gasteiger partial charge in [-0.25, -0.2) is 4.98 Å². The van der Waals surface area contributed by atoms with Crippen molar-refractivity contribution in [2.45, 2.75) is 4.90 Å². The Bertz CT molecular complexity index is 2110. The summed E-state index contributed by atoms with van der Waals surface area (Å²) in [6, 6.07) is 37.1. The monoisotopic (exact) mass is 674 g/mol. The van der Waals surface area contributed by atoms with Gasteiger partial charge in [-0.05, 0) is 64.9 Å². The number of anilines is 2. The second-order valence-corrected chi connectivity index (χ2v) is 12.6. The van der Waals surface area contributed by atoms with Gasteiger partial charge in [0.2, 0.25) is 5.91 Å². The smallest absolute Gasteiger partial charge is 0.272 e. The first-order valence-electron chi connectivity index (χ1n) is 14.5. The van der Waals surface area contributed by atoms with Gasteiger partial charge in [-0.15, -0.1) is 23.1 Å². The molecule has 0 atom stereocenters. The summed E-state index contributed by atoms with van der Waals surface area (Å²) < 4.78 is 0. The number of fused-ring (bicyclic) bond motifs is 1. The molecular weight excluding hydrogens is 648 g/mol. The zero-order chi connectivity index (χ0) is 32.6. The van der Waals surface area contributed by atoms with Gasteiger partial charge in [0.15, 0.2) is 5.13 Å². The molecule has 0 saturated carbocycles. The number of thiazole rings is 1. The molecular formula is C37H27ClN4O3S2. The Balaban J connectivity index is 1.09. The van der Waals surface area contributed by atoms with Crippen molar-refractivity contribution in [2.24, 2.45) is 0 Å². The van der Waals surface area contributed by atoms with E-state index in [-0.39, 0.29) is 17.4 Å². The first-order chi connectivity index (χ1) is 22.9. The maximum absolute atomic E-state index is 13.4. The lowest BCUT2D eigenvalue weighted by Crippen LogP contribution is -2.30. The highest BCUT2D eigenvalue weighted by molar-refractivity contribution is 8.00. The van der Waals surface area contributed by atoms with Crippen LogP contribution in [-0.4, -0.2) is 28.5 Å². The number of nitrogens with zero attached hydrogens (tertiary/aromatic N) is 1. The van der Waals surface area contributed by atoms with Crippen LogP contribution in [-0.2, 0) is 9.59 Å². The summed E-state index contributed by atoms with van der Waals surface area (Å²) >= 11 is 9.04. The molecule has 0 spiro atoms. The quantitative estimate of drug-likeness (QED) is 0.0997. The molecule has 0 aliphatic carbocycles. The van der Waals surface area contributed by atoms with E-state index in [4.69, 9.17) is 11.6 Å². The second-order valence-electron chi connectivity index (χ2n) is 10.3. The number of aromatic nitrogens is 1. The van der Waals surface area contributed by atoms with Crippen molar-refractivity contribution < 1.29 is 14.4 Å². The summed E-state index contributed by atoms with van der Waals surface area (Å²) in [6.07, 6.45) is 1.53. The highest BCUT2D eigenvalue weighted by atomic mass is 35.5. The molecule has 0 radical (unpaired) electrons. The van der Waals surface area contributed by atoms with E-state index < -0.39 is 11.8 Å². The van der Waals surface area contributed by atoms with Crippen LogP contribution in [0.4, 0.5) is 10.8 Å². The Kier molecular flexibility index (Phi) is 10.1. The van der Waals surface area contributed by atoms with E-state index in [1.807, 2.05) is 29.6 Å². The van der Waals surface area contributed by atoms with Crippen LogP contribution < -0.4 is 16.0 Å². The Hall–Kier alpha value is -5.22. The minimum absolute atomic E-state index is 0.0240. The Morgan fingerprint density at radius 3 is 2.38 bits per heavy atom. The maximum atomic E-state index is 13.4. The third kappa shape index (κ3) is 8.33. The van der Waals surface area contributed by atoms with E-state index in [1.54, 1.807) is 72.8 Å². The van der Waals surface area contributed by atoms with Crippen molar-refractivity contribution in [3.63, 3.8) is 0 Å².